The first-order chi connectivity index (χ1) is 7.96. The minimum atomic E-state index is -0.149. The molecule has 0 saturated heterocycles. The third-order valence-corrected chi connectivity index (χ3v) is 2.56. The van der Waals surface area contributed by atoms with Crippen LogP contribution in [0.5, 0.6) is 5.75 Å². The summed E-state index contributed by atoms with van der Waals surface area (Å²) in [5, 5.41) is 0. The number of hydrogen-bond donors (Lipinski definition) is 0. The second-order valence-electron chi connectivity index (χ2n) is 5.38. The minimum Gasteiger partial charge on any atom is -0.488 e. The number of ether oxygens (including phenoxy) is 1. The van der Waals surface area contributed by atoms with E-state index in [2.05, 4.69) is 52.5 Å². The van der Waals surface area contributed by atoms with Crippen molar-refractivity contribution >= 4 is 6.08 Å². The van der Waals surface area contributed by atoms with Gasteiger partial charge in [0.25, 0.3) is 0 Å². The maximum Gasteiger partial charge on any atom is 0.120 e. The van der Waals surface area contributed by atoms with Crippen LogP contribution in [0.4, 0.5) is 0 Å². The zero-order chi connectivity index (χ0) is 12.9. The van der Waals surface area contributed by atoms with Crippen molar-refractivity contribution in [3.63, 3.8) is 0 Å². The van der Waals surface area contributed by atoms with Gasteiger partial charge in [0.15, 0.2) is 0 Å². The molecule has 0 bridgehead atoms. The molecule has 1 aromatic rings. The first-order valence-electron chi connectivity index (χ1n) is 6.40. The second kappa shape index (κ2) is 5.90. The van der Waals surface area contributed by atoms with Gasteiger partial charge in [-0.05, 0) is 56.9 Å². The number of benzene rings is 1. The summed E-state index contributed by atoms with van der Waals surface area (Å²) in [5.74, 6) is 0.924. The molecule has 0 aromatic heterocycles. The van der Waals surface area contributed by atoms with Crippen molar-refractivity contribution < 1.29 is 4.74 Å². The molecule has 1 nitrogen and oxygen atoms in total. The van der Waals surface area contributed by atoms with E-state index in [0.29, 0.717) is 0 Å². The summed E-state index contributed by atoms with van der Waals surface area (Å²) < 4.78 is 5.86. The Bertz CT molecular complexity index is 372. The molecule has 17 heavy (non-hydrogen) atoms. The zero-order valence-corrected chi connectivity index (χ0v) is 11.5. The Hall–Kier alpha value is -1.24. The minimum absolute atomic E-state index is 0.149. The molecule has 0 aliphatic carbocycles. The Morgan fingerprint density at radius 1 is 1.29 bits per heavy atom. The molecule has 0 aliphatic heterocycles. The lowest BCUT2D eigenvalue weighted by Gasteiger charge is -2.22. The Labute approximate surface area is 106 Å². The van der Waals surface area contributed by atoms with Crippen LogP contribution in [0.1, 0.15) is 51.7 Å². The third kappa shape index (κ3) is 4.64. The van der Waals surface area contributed by atoms with Crippen molar-refractivity contribution in [2.24, 2.45) is 0 Å². The highest BCUT2D eigenvalue weighted by molar-refractivity contribution is 5.54. The summed E-state index contributed by atoms with van der Waals surface area (Å²) in [7, 11) is 0. The van der Waals surface area contributed by atoms with Crippen molar-refractivity contribution in [1.82, 2.24) is 0 Å². The van der Waals surface area contributed by atoms with E-state index < -0.39 is 0 Å². The molecule has 1 aromatic carbocycles. The summed E-state index contributed by atoms with van der Waals surface area (Å²) >= 11 is 0. The van der Waals surface area contributed by atoms with Gasteiger partial charge in [-0.15, -0.1) is 0 Å². The standard InChI is InChI=1S/C16H24O/c1-6-8-9-14-10-11-15(12-13(14)7-2)17-16(3,4)5/h7,10-12H,2,6,8-9H2,1,3-5H3. The highest BCUT2D eigenvalue weighted by Crippen LogP contribution is 2.23. The highest BCUT2D eigenvalue weighted by Gasteiger charge is 2.12. The van der Waals surface area contributed by atoms with Crippen molar-refractivity contribution in [2.75, 3.05) is 0 Å². The average Bonchev–Trinajstić information content (AvgIpc) is 2.25. The molecule has 0 saturated carbocycles. The molecule has 0 fully saturated rings. The van der Waals surface area contributed by atoms with Gasteiger partial charge >= 0.3 is 0 Å². The van der Waals surface area contributed by atoms with E-state index in [1.165, 1.54) is 24.0 Å². The van der Waals surface area contributed by atoms with E-state index in [4.69, 9.17) is 4.74 Å². The molecule has 0 amide bonds. The van der Waals surface area contributed by atoms with Crippen LogP contribution >= 0.6 is 0 Å². The first-order valence-corrected chi connectivity index (χ1v) is 6.40. The van der Waals surface area contributed by atoms with E-state index in [-0.39, 0.29) is 5.60 Å². The number of rotatable bonds is 5. The van der Waals surface area contributed by atoms with E-state index >= 15 is 0 Å². The largest absolute Gasteiger partial charge is 0.488 e. The molecule has 0 N–H and O–H groups in total. The lowest BCUT2D eigenvalue weighted by Crippen LogP contribution is -2.22. The average molecular weight is 232 g/mol. The van der Waals surface area contributed by atoms with Gasteiger partial charge in [-0.3, -0.25) is 0 Å². The molecule has 1 rings (SSSR count). The second-order valence-corrected chi connectivity index (χ2v) is 5.38. The summed E-state index contributed by atoms with van der Waals surface area (Å²) in [6.45, 7) is 12.3. The van der Waals surface area contributed by atoms with E-state index in [0.717, 1.165) is 12.2 Å². The van der Waals surface area contributed by atoms with Gasteiger partial charge in [0.05, 0.1) is 0 Å². The summed E-state index contributed by atoms with van der Waals surface area (Å²) in [6.07, 6.45) is 5.48. The Kier molecular flexibility index (Phi) is 4.80. The fraction of sp³-hybridized carbons (Fsp3) is 0.500. The van der Waals surface area contributed by atoms with Crippen molar-refractivity contribution in [2.45, 2.75) is 52.6 Å². The van der Waals surface area contributed by atoms with E-state index in [1.54, 1.807) is 0 Å². The van der Waals surface area contributed by atoms with Crippen molar-refractivity contribution in [1.29, 1.82) is 0 Å². The molecular weight excluding hydrogens is 208 g/mol. The van der Waals surface area contributed by atoms with Crippen LogP contribution in [-0.2, 0) is 6.42 Å². The van der Waals surface area contributed by atoms with Gasteiger partial charge in [0.2, 0.25) is 0 Å². The first kappa shape index (κ1) is 13.8. The Morgan fingerprint density at radius 3 is 2.53 bits per heavy atom. The van der Waals surface area contributed by atoms with Crippen LogP contribution in [-0.4, -0.2) is 5.60 Å². The molecule has 1 heteroatoms. The lowest BCUT2D eigenvalue weighted by molar-refractivity contribution is 0.131. The normalized spacial score (nSPS) is 11.3. The fourth-order valence-corrected chi connectivity index (χ4v) is 1.77. The number of aryl methyl sites for hydroxylation is 1. The molecule has 0 unspecified atom stereocenters. The molecule has 0 aliphatic rings. The van der Waals surface area contributed by atoms with Crippen LogP contribution in [0.2, 0.25) is 0 Å². The zero-order valence-electron chi connectivity index (χ0n) is 11.5. The SMILES string of the molecule is C=Cc1cc(OC(C)(C)C)ccc1CCCC. The molecule has 0 radical (unpaired) electrons. The third-order valence-electron chi connectivity index (χ3n) is 2.56. The summed E-state index contributed by atoms with van der Waals surface area (Å²) in [5.41, 5.74) is 2.41. The van der Waals surface area contributed by atoms with Gasteiger partial charge in [-0.25, -0.2) is 0 Å². The van der Waals surface area contributed by atoms with Gasteiger partial charge in [-0.1, -0.05) is 32.1 Å². The van der Waals surface area contributed by atoms with Crippen LogP contribution in [0.25, 0.3) is 6.08 Å². The molecule has 0 heterocycles. The highest BCUT2D eigenvalue weighted by atomic mass is 16.5. The van der Waals surface area contributed by atoms with Crippen LogP contribution < -0.4 is 4.74 Å². The van der Waals surface area contributed by atoms with Gasteiger partial charge in [-0.2, -0.15) is 0 Å². The Balaban J connectivity index is 2.88. The monoisotopic (exact) mass is 232 g/mol. The lowest BCUT2D eigenvalue weighted by atomic mass is 10.0. The topological polar surface area (TPSA) is 9.23 Å². The smallest absolute Gasteiger partial charge is 0.120 e. The fourth-order valence-electron chi connectivity index (χ4n) is 1.77. The number of unbranched alkanes of at least 4 members (excludes halogenated alkanes) is 1. The van der Waals surface area contributed by atoms with Crippen molar-refractivity contribution in [3.05, 3.63) is 35.9 Å². The molecule has 94 valence electrons. The van der Waals surface area contributed by atoms with Crippen molar-refractivity contribution in [3.8, 4) is 5.75 Å². The van der Waals surface area contributed by atoms with Gasteiger partial charge in [0, 0.05) is 0 Å². The maximum absolute atomic E-state index is 5.86. The van der Waals surface area contributed by atoms with E-state index in [1.807, 2.05) is 6.08 Å². The maximum atomic E-state index is 5.86. The number of hydrogen-bond acceptors (Lipinski definition) is 1. The van der Waals surface area contributed by atoms with Gasteiger partial charge in [0.1, 0.15) is 11.4 Å². The Morgan fingerprint density at radius 2 is 2.00 bits per heavy atom. The predicted molar refractivity (Wildman–Crippen MR) is 75.5 cm³/mol. The summed E-state index contributed by atoms with van der Waals surface area (Å²) in [4.78, 5) is 0. The van der Waals surface area contributed by atoms with Gasteiger partial charge < -0.3 is 4.74 Å². The molecule has 0 atom stereocenters. The quantitative estimate of drug-likeness (QED) is 0.705. The summed E-state index contributed by atoms with van der Waals surface area (Å²) in [6, 6.07) is 6.31. The molecular formula is C16H24O. The van der Waals surface area contributed by atoms with Crippen LogP contribution in [0.15, 0.2) is 24.8 Å². The molecule has 0 spiro atoms. The van der Waals surface area contributed by atoms with E-state index in [9.17, 15) is 0 Å². The predicted octanol–water partition coefficient (Wildman–Crippen LogP) is 4.85. The van der Waals surface area contributed by atoms with Crippen LogP contribution in [0.3, 0.4) is 0 Å². The van der Waals surface area contributed by atoms with Crippen LogP contribution in [0, 0.1) is 0 Å².